The number of benzene rings is 2. The normalized spacial score (nSPS) is 16.7. The standard InChI is InChI=1S/C21H22N4O2S/c1-14(20(26)23-17-11-12-27-19-10-6-5-9-16(17)19)28-21-24-18(13-25(21)22)15-7-3-2-4-8-15/h2-10,13-14,17H,11-12,22H2,1H3,(H,23,26)/t14-,17-/m0/s1. The Kier molecular flexibility index (Phi) is 5.25. The molecular formula is C21H22N4O2S. The Labute approximate surface area is 168 Å². The fourth-order valence-electron chi connectivity index (χ4n) is 3.20. The molecule has 2 heterocycles. The van der Waals surface area contributed by atoms with Crippen LogP contribution in [0.15, 0.2) is 66.0 Å². The van der Waals surface area contributed by atoms with Crippen LogP contribution in [0.2, 0.25) is 0 Å². The average molecular weight is 395 g/mol. The number of ether oxygens (including phenoxy) is 1. The summed E-state index contributed by atoms with van der Waals surface area (Å²) in [5, 5.41) is 3.41. The molecule has 2 aromatic carbocycles. The van der Waals surface area contributed by atoms with E-state index in [1.54, 1.807) is 6.20 Å². The molecule has 6 nitrogen and oxygen atoms in total. The van der Waals surface area contributed by atoms with Crippen LogP contribution in [0, 0.1) is 0 Å². The Morgan fingerprint density at radius 3 is 2.82 bits per heavy atom. The first-order valence-electron chi connectivity index (χ1n) is 9.20. The van der Waals surface area contributed by atoms with Crippen molar-refractivity contribution in [2.45, 2.75) is 29.8 Å². The van der Waals surface area contributed by atoms with Gasteiger partial charge < -0.3 is 15.9 Å². The molecule has 3 N–H and O–H groups in total. The summed E-state index contributed by atoms with van der Waals surface area (Å²) in [7, 11) is 0. The summed E-state index contributed by atoms with van der Waals surface area (Å²) in [6, 6.07) is 17.6. The van der Waals surface area contributed by atoms with Crippen molar-refractivity contribution in [3.05, 3.63) is 66.4 Å². The van der Waals surface area contributed by atoms with E-state index in [0.717, 1.165) is 29.0 Å². The molecular weight excluding hydrogens is 372 g/mol. The lowest BCUT2D eigenvalue weighted by Gasteiger charge is -2.27. The molecule has 0 radical (unpaired) electrons. The van der Waals surface area contributed by atoms with E-state index >= 15 is 0 Å². The van der Waals surface area contributed by atoms with Gasteiger partial charge in [0.1, 0.15) is 5.75 Å². The van der Waals surface area contributed by atoms with Crippen molar-refractivity contribution in [2.75, 3.05) is 12.4 Å². The van der Waals surface area contributed by atoms with Crippen LogP contribution in [-0.4, -0.2) is 27.4 Å². The van der Waals surface area contributed by atoms with Crippen LogP contribution in [0.5, 0.6) is 5.75 Å². The predicted octanol–water partition coefficient (Wildman–Crippen LogP) is 3.38. The van der Waals surface area contributed by atoms with E-state index in [2.05, 4.69) is 10.3 Å². The maximum Gasteiger partial charge on any atom is 0.233 e. The number of carbonyl (C=O) groups excluding carboxylic acids is 1. The van der Waals surface area contributed by atoms with E-state index in [1.807, 2.05) is 61.5 Å². The van der Waals surface area contributed by atoms with Crippen LogP contribution in [0.1, 0.15) is 24.9 Å². The van der Waals surface area contributed by atoms with Gasteiger partial charge in [0.15, 0.2) is 5.16 Å². The van der Waals surface area contributed by atoms with Crippen LogP contribution in [0.3, 0.4) is 0 Å². The van der Waals surface area contributed by atoms with Crippen molar-refractivity contribution < 1.29 is 9.53 Å². The Hall–Kier alpha value is -2.93. The first-order chi connectivity index (χ1) is 13.6. The fourth-order valence-corrected chi connectivity index (χ4v) is 4.02. The number of nitrogens with two attached hydrogens (primary N) is 1. The number of hydrogen-bond donors (Lipinski definition) is 2. The predicted molar refractivity (Wildman–Crippen MR) is 111 cm³/mol. The van der Waals surface area contributed by atoms with E-state index in [9.17, 15) is 4.79 Å². The lowest BCUT2D eigenvalue weighted by molar-refractivity contribution is -0.121. The molecule has 1 aliphatic heterocycles. The Morgan fingerprint density at radius 1 is 1.25 bits per heavy atom. The molecule has 1 aliphatic rings. The van der Waals surface area contributed by atoms with E-state index in [0.29, 0.717) is 11.8 Å². The Bertz CT molecular complexity index is 974. The summed E-state index contributed by atoms with van der Waals surface area (Å²) in [4.78, 5) is 17.3. The lowest BCUT2D eigenvalue weighted by Crippen LogP contribution is -2.36. The molecule has 0 spiro atoms. The maximum atomic E-state index is 12.8. The molecule has 0 aliphatic carbocycles. The topological polar surface area (TPSA) is 82.2 Å². The molecule has 0 unspecified atom stereocenters. The van der Waals surface area contributed by atoms with Gasteiger partial charge in [-0.2, -0.15) is 0 Å². The van der Waals surface area contributed by atoms with Crippen LogP contribution in [0.25, 0.3) is 11.3 Å². The second kappa shape index (κ2) is 7.98. The molecule has 1 amide bonds. The number of nitrogens with one attached hydrogen (secondary N) is 1. The first kappa shape index (κ1) is 18.4. The maximum absolute atomic E-state index is 12.8. The van der Waals surface area contributed by atoms with Gasteiger partial charge in [-0.3, -0.25) is 4.79 Å². The second-order valence-electron chi connectivity index (χ2n) is 6.68. The van der Waals surface area contributed by atoms with Crippen molar-refractivity contribution >= 4 is 17.7 Å². The summed E-state index contributed by atoms with van der Waals surface area (Å²) in [6.45, 7) is 2.46. The monoisotopic (exact) mass is 394 g/mol. The highest BCUT2D eigenvalue weighted by molar-refractivity contribution is 8.00. The number of aromatic nitrogens is 2. The van der Waals surface area contributed by atoms with Gasteiger partial charge >= 0.3 is 0 Å². The highest BCUT2D eigenvalue weighted by Gasteiger charge is 2.26. The zero-order chi connectivity index (χ0) is 19.5. The van der Waals surface area contributed by atoms with Gasteiger partial charge in [-0.1, -0.05) is 60.3 Å². The molecule has 3 aromatic rings. The van der Waals surface area contributed by atoms with Crippen LogP contribution in [0.4, 0.5) is 0 Å². The van der Waals surface area contributed by atoms with E-state index in [4.69, 9.17) is 10.6 Å². The molecule has 0 fully saturated rings. The number of amides is 1. The van der Waals surface area contributed by atoms with Crippen molar-refractivity contribution in [1.29, 1.82) is 0 Å². The SMILES string of the molecule is C[C@H](Sc1nc(-c2ccccc2)cn1N)C(=O)N[C@H]1CCOc2ccccc21. The van der Waals surface area contributed by atoms with Crippen LogP contribution < -0.4 is 15.9 Å². The van der Waals surface area contributed by atoms with Gasteiger partial charge in [-0.15, -0.1) is 0 Å². The number of imidazole rings is 1. The average Bonchev–Trinajstić information content (AvgIpc) is 3.09. The van der Waals surface area contributed by atoms with Gasteiger partial charge in [0.25, 0.3) is 0 Å². The molecule has 0 bridgehead atoms. The van der Waals surface area contributed by atoms with E-state index in [-0.39, 0.29) is 17.2 Å². The summed E-state index contributed by atoms with van der Waals surface area (Å²) < 4.78 is 7.14. The number of hydrogen-bond acceptors (Lipinski definition) is 5. The molecule has 2 atom stereocenters. The van der Waals surface area contributed by atoms with Crippen LogP contribution >= 0.6 is 11.8 Å². The van der Waals surface area contributed by atoms with Gasteiger partial charge in [0, 0.05) is 17.5 Å². The van der Waals surface area contributed by atoms with Gasteiger partial charge in [0.05, 0.1) is 29.8 Å². The lowest BCUT2D eigenvalue weighted by atomic mass is 10.0. The third kappa shape index (κ3) is 3.84. The third-order valence-corrected chi connectivity index (χ3v) is 5.77. The molecule has 4 rings (SSSR count). The van der Waals surface area contributed by atoms with Gasteiger partial charge in [0.2, 0.25) is 5.91 Å². The highest BCUT2D eigenvalue weighted by Crippen LogP contribution is 2.32. The molecule has 7 heteroatoms. The summed E-state index contributed by atoms with van der Waals surface area (Å²) in [5.74, 6) is 6.85. The van der Waals surface area contributed by atoms with Crippen LogP contribution in [-0.2, 0) is 4.79 Å². The zero-order valence-electron chi connectivity index (χ0n) is 15.5. The van der Waals surface area contributed by atoms with E-state index < -0.39 is 0 Å². The van der Waals surface area contributed by atoms with E-state index in [1.165, 1.54) is 16.4 Å². The number of para-hydroxylation sites is 1. The second-order valence-corrected chi connectivity index (χ2v) is 7.99. The molecule has 0 saturated heterocycles. The van der Waals surface area contributed by atoms with Crippen molar-refractivity contribution in [3.63, 3.8) is 0 Å². The number of carbonyl (C=O) groups is 1. The summed E-state index contributed by atoms with van der Waals surface area (Å²) >= 11 is 1.35. The summed E-state index contributed by atoms with van der Waals surface area (Å²) in [5.41, 5.74) is 2.80. The minimum absolute atomic E-state index is 0.0435. The van der Waals surface area contributed by atoms with Crippen molar-refractivity contribution in [1.82, 2.24) is 15.0 Å². The summed E-state index contributed by atoms with van der Waals surface area (Å²) in [6.07, 6.45) is 2.53. The number of thioether (sulfide) groups is 1. The quantitative estimate of drug-likeness (QED) is 0.512. The molecule has 1 aromatic heterocycles. The Morgan fingerprint density at radius 2 is 2.00 bits per heavy atom. The van der Waals surface area contributed by atoms with Gasteiger partial charge in [-0.05, 0) is 13.0 Å². The minimum atomic E-state index is -0.330. The smallest absolute Gasteiger partial charge is 0.233 e. The first-order valence-corrected chi connectivity index (χ1v) is 10.1. The number of fused-ring (bicyclic) bond motifs is 1. The fraction of sp³-hybridized carbons (Fsp3) is 0.238. The number of nitrogen functional groups attached to an aromatic ring is 1. The third-order valence-electron chi connectivity index (χ3n) is 4.69. The minimum Gasteiger partial charge on any atom is -0.493 e. The molecule has 0 saturated carbocycles. The highest BCUT2D eigenvalue weighted by atomic mass is 32.2. The Balaban J connectivity index is 1.44. The van der Waals surface area contributed by atoms with Crippen molar-refractivity contribution in [2.24, 2.45) is 0 Å². The largest absolute Gasteiger partial charge is 0.493 e. The zero-order valence-corrected chi connectivity index (χ0v) is 16.4. The van der Waals surface area contributed by atoms with Crippen molar-refractivity contribution in [3.8, 4) is 17.0 Å². The molecule has 28 heavy (non-hydrogen) atoms. The van der Waals surface area contributed by atoms with Gasteiger partial charge in [-0.25, -0.2) is 9.66 Å². The molecule has 144 valence electrons. The number of nitrogens with zero attached hydrogens (tertiary/aromatic N) is 2. The number of rotatable bonds is 5.